The van der Waals surface area contributed by atoms with Crippen molar-refractivity contribution in [2.24, 2.45) is 0 Å². The van der Waals surface area contributed by atoms with Crippen molar-refractivity contribution in [3.8, 4) is 34.5 Å². The number of hydrogen-bond acceptors (Lipinski definition) is 5. The average Bonchev–Trinajstić information content (AvgIpc) is 3.10. The number of nitrogens with zero attached hydrogens (tertiary/aromatic N) is 2. The van der Waals surface area contributed by atoms with Gasteiger partial charge in [0.25, 0.3) is 5.89 Å². The molecule has 19 heavy (non-hydrogen) atoms. The first kappa shape index (κ1) is 11.3. The Morgan fingerprint density at radius 1 is 1.32 bits per heavy atom. The lowest BCUT2D eigenvalue weighted by Gasteiger charge is -2.03. The maximum absolute atomic E-state index is 9.54. The summed E-state index contributed by atoms with van der Waals surface area (Å²) in [6.07, 6.45) is 1.79. The van der Waals surface area contributed by atoms with Crippen LogP contribution in [0, 0.1) is 0 Å². The molecule has 2 aromatic heterocycles. The summed E-state index contributed by atoms with van der Waals surface area (Å²) < 4.78 is 10.2. The molecular weight excluding hydrogens is 246 g/mol. The third kappa shape index (κ3) is 2.03. The van der Waals surface area contributed by atoms with Crippen LogP contribution in [0.25, 0.3) is 23.0 Å². The zero-order chi connectivity index (χ0) is 13.2. The van der Waals surface area contributed by atoms with Crippen LogP contribution < -0.4 is 4.74 Å². The minimum Gasteiger partial charge on any atom is -0.504 e. The van der Waals surface area contributed by atoms with Crippen molar-refractivity contribution in [3.05, 3.63) is 36.5 Å². The van der Waals surface area contributed by atoms with E-state index in [9.17, 15) is 5.11 Å². The molecule has 3 rings (SSSR count). The molecule has 96 valence electrons. The van der Waals surface area contributed by atoms with Gasteiger partial charge in [-0.05, 0) is 30.3 Å². The number of phenols is 1. The van der Waals surface area contributed by atoms with E-state index in [1.165, 1.54) is 13.2 Å². The molecule has 2 heterocycles. The van der Waals surface area contributed by atoms with Gasteiger partial charge in [0.2, 0.25) is 5.82 Å². The van der Waals surface area contributed by atoms with Gasteiger partial charge in [-0.2, -0.15) is 4.98 Å². The maximum Gasteiger partial charge on any atom is 0.258 e. The first-order valence-corrected chi connectivity index (χ1v) is 5.63. The van der Waals surface area contributed by atoms with Crippen molar-refractivity contribution in [2.75, 3.05) is 7.11 Å². The molecule has 0 aliphatic carbocycles. The number of phenolic OH excluding ortho intramolecular Hbond substituents is 1. The van der Waals surface area contributed by atoms with E-state index in [0.29, 0.717) is 23.0 Å². The summed E-state index contributed by atoms with van der Waals surface area (Å²) in [5, 5.41) is 13.4. The summed E-state index contributed by atoms with van der Waals surface area (Å²) in [5.74, 6) is 1.27. The fourth-order valence-corrected chi connectivity index (χ4v) is 1.73. The monoisotopic (exact) mass is 257 g/mol. The minimum absolute atomic E-state index is 0.0651. The summed E-state index contributed by atoms with van der Waals surface area (Å²) in [6, 6.07) is 8.55. The van der Waals surface area contributed by atoms with E-state index in [-0.39, 0.29) is 5.75 Å². The standard InChI is InChI=1S/C13H11N3O3/c1-18-11-7-8(4-5-10(11)17)13-15-12(16-19-13)9-3-2-6-14-9/h2-7,14,17H,1H3. The topological polar surface area (TPSA) is 84.2 Å². The Morgan fingerprint density at radius 3 is 2.95 bits per heavy atom. The van der Waals surface area contributed by atoms with Crippen LogP contribution in [0.4, 0.5) is 0 Å². The average molecular weight is 257 g/mol. The Kier molecular flexibility index (Phi) is 2.68. The number of methoxy groups -OCH3 is 1. The van der Waals surface area contributed by atoms with Crippen LogP contribution in [0.15, 0.2) is 41.1 Å². The van der Waals surface area contributed by atoms with Crippen LogP contribution in [0.5, 0.6) is 11.5 Å². The number of aromatic nitrogens is 3. The number of nitrogens with one attached hydrogen (secondary N) is 1. The van der Waals surface area contributed by atoms with E-state index in [0.717, 1.165) is 5.69 Å². The third-order valence-electron chi connectivity index (χ3n) is 2.69. The van der Waals surface area contributed by atoms with Crippen molar-refractivity contribution in [1.82, 2.24) is 15.1 Å². The van der Waals surface area contributed by atoms with Crippen LogP contribution in [0.2, 0.25) is 0 Å². The highest BCUT2D eigenvalue weighted by Gasteiger charge is 2.13. The number of rotatable bonds is 3. The smallest absolute Gasteiger partial charge is 0.258 e. The fraction of sp³-hybridized carbons (Fsp3) is 0.0769. The zero-order valence-electron chi connectivity index (χ0n) is 10.1. The van der Waals surface area contributed by atoms with Crippen LogP contribution >= 0.6 is 0 Å². The Morgan fingerprint density at radius 2 is 2.21 bits per heavy atom. The molecule has 0 aliphatic rings. The van der Waals surface area contributed by atoms with Gasteiger partial charge in [0.15, 0.2) is 11.5 Å². The highest BCUT2D eigenvalue weighted by Crippen LogP contribution is 2.31. The molecule has 6 nitrogen and oxygen atoms in total. The van der Waals surface area contributed by atoms with Crippen LogP contribution in [-0.4, -0.2) is 27.3 Å². The van der Waals surface area contributed by atoms with Gasteiger partial charge in [-0.3, -0.25) is 0 Å². The second-order valence-electron chi connectivity index (χ2n) is 3.89. The molecule has 0 unspecified atom stereocenters. The number of H-pyrrole nitrogens is 1. The molecule has 3 aromatic rings. The summed E-state index contributed by atoms with van der Waals surface area (Å²) in [6.45, 7) is 0. The quantitative estimate of drug-likeness (QED) is 0.752. The maximum atomic E-state index is 9.54. The predicted molar refractivity (Wildman–Crippen MR) is 67.7 cm³/mol. The minimum atomic E-state index is 0.0651. The van der Waals surface area contributed by atoms with Gasteiger partial charge in [-0.1, -0.05) is 5.16 Å². The Labute approximate surface area is 108 Å². The van der Waals surface area contributed by atoms with Crippen molar-refractivity contribution < 1.29 is 14.4 Å². The third-order valence-corrected chi connectivity index (χ3v) is 2.69. The van der Waals surface area contributed by atoms with Gasteiger partial charge in [-0.15, -0.1) is 0 Å². The first-order valence-electron chi connectivity index (χ1n) is 5.63. The van der Waals surface area contributed by atoms with E-state index in [2.05, 4.69) is 15.1 Å². The van der Waals surface area contributed by atoms with Gasteiger partial charge in [0, 0.05) is 11.8 Å². The number of benzene rings is 1. The van der Waals surface area contributed by atoms with E-state index >= 15 is 0 Å². The van der Waals surface area contributed by atoms with Crippen LogP contribution in [-0.2, 0) is 0 Å². The molecule has 0 amide bonds. The van der Waals surface area contributed by atoms with Gasteiger partial charge in [-0.25, -0.2) is 0 Å². The van der Waals surface area contributed by atoms with Crippen molar-refractivity contribution >= 4 is 0 Å². The molecule has 0 aliphatic heterocycles. The van der Waals surface area contributed by atoms with Gasteiger partial charge in [0.1, 0.15) is 0 Å². The van der Waals surface area contributed by atoms with E-state index in [1.54, 1.807) is 18.3 Å². The molecule has 2 N–H and O–H groups in total. The molecule has 1 aromatic carbocycles. The fourth-order valence-electron chi connectivity index (χ4n) is 1.73. The van der Waals surface area contributed by atoms with Gasteiger partial charge >= 0.3 is 0 Å². The summed E-state index contributed by atoms with van der Waals surface area (Å²) in [4.78, 5) is 7.28. The number of aromatic amines is 1. The van der Waals surface area contributed by atoms with Crippen LogP contribution in [0.3, 0.4) is 0 Å². The van der Waals surface area contributed by atoms with E-state index in [4.69, 9.17) is 9.26 Å². The highest BCUT2D eigenvalue weighted by atomic mass is 16.5. The molecule has 0 radical (unpaired) electrons. The largest absolute Gasteiger partial charge is 0.504 e. The summed E-state index contributed by atoms with van der Waals surface area (Å²) in [5.41, 5.74) is 1.46. The molecule has 0 saturated heterocycles. The van der Waals surface area contributed by atoms with E-state index in [1.807, 2.05) is 12.1 Å². The molecule has 0 spiro atoms. The number of aromatic hydroxyl groups is 1. The molecule has 6 heteroatoms. The normalized spacial score (nSPS) is 10.6. The number of hydrogen-bond donors (Lipinski definition) is 2. The second kappa shape index (κ2) is 4.49. The molecule has 0 bridgehead atoms. The highest BCUT2D eigenvalue weighted by molar-refractivity contribution is 5.61. The second-order valence-corrected chi connectivity index (χ2v) is 3.89. The summed E-state index contributed by atoms with van der Waals surface area (Å²) >= 11 is 0. The van der Waals surface area contributed by atoms with Crippen molar-refractivity contribution in [1.29, 1.82) is 0 Å². The lowest BCUT2D eigenvalue weighted by Crippen LogP contribution is -1.85. The molecule has 0 saturated carbocycles. The van der Waals surface area contributed by atoms with Gasteiger partial charge < -0.3 is 19.4 Å². The Balaban J connectivity index is 1.99. The van der Waals surface area contributed by atoms with E-state index < -0.39 is 0 Å². The predicted octanol–water partition coefficient (Wildman–Crippen LogP) is 2.45. The van der Waals surface area contributed by atoms with Crippen molar-refractivity contribution in [2.45, 2.75) is 0 Å². The van der Waals surface area contributed by atoms with Crippen LogP contribution in [0.1, 0.15) is 0 Å². The lowest BCUT2D eigenvalue weighted by molar-refractivity contribution is 0.373. The molecule has 0 fully saturated rings. The Bertz CT molecular complexity index is 689. The summed E-state index contributed by atoms with van der Waals surface area (Å²) in [7, 11) is 1.48. The first-order chi connectivity index (χ1) is 9.28. The number of ether oxygens (including phenoxy) is 1. The lowest BCUT2D eigenvalue weighted by atomic mass is 10.2. The molecular formula is C13H11N3O3. The zero-order valence-corrected chi connectivity index (χ0v) is 10.1. The molecule has 0 atom stereocenters. The Hall–Kier alpha value is -2.76. The van der Waals surface area contributed by atoms with Crippen molar-refractivity contribution in [3.63, 3.8) is 0 Å². The SMILES string of the molecule is COc1cc(-c2nc(-c3ccc[nH]3)no2)ccc1O. The van der Waals surface area contributed by atoms with Gasteiger partial charge in [0.05, 0.1) is 12.8 Å².